The molecule has 0 saturated carbocycles. The van der Waals surface area contributed by atoms with Gasteiger partial charge < -0.3 is 8.83 Å². The van der Waals surface area contributed by atoms with Crippen molar-refractivity contribution < 1.29 is 18.6 Å². The van der Waals surface area contributed by atoms with E-state index >= 15 is 0 Å². The summed E-state index contributed by atoms with van der Waals surface area (Å²) in [4.78, 5) is 22.1. The normalized spacial score (nSPS) is 15.1. The van der Waals surface area contributed by atoms with Crippen LogP contribution in [-0.4, -0.2) is 21.6 Å². The smallest absolute Gasteiger partial charge is 0.376 e. The lowest BCUT2D eigenvalue weighted by Crippen LogP contribution is -3.06. The van der Waals surface area contributed by atoms with Crippen molar-refractivity contribution in [1.29, 1.82) is 0 Å². The fourth-order valence-corrected chi connectivity index (χ4v) is 4.67. The van der Waals surface area contributed by atoms with E-state index in [9.17, 15) is 4.79 Å². The molecule has 1 aliphatic heterocycles. The standard InChI is InChI=1S/C26H14Cl2N4O3/c27-20-6-3-7-21(28)23(20)32-26(33)19-5-2-1-4-18(19)22(31-32)15-12-16(24-29-8-10-34-24)14-17(13-15)25-30-9-11-35-25/h1-14H/p+1. The van der Waals surface area contributed by atoms with Crippen LogP contribution in [0.4, 0.5) is 5.69 Å². The topological polar surface area (TPSA) is 85.9 Å². The zero-order chi connectivity index (χ0) is 23.9. The molecule has 170 valence electrons. The molecule has 0 aliphatic carbocycles. The van der Waals surface area contributed by atoms with Crippen LogP contribution < -0.4 is 5.01 Å². The summed E-state index contributed by atoms with van der Waals surface area (Å²) in [7, 11) is 0. The first-order chi connectivity index (χ1) is 17.1. The van der Waals surface area contributed by atoms with E-state index < -0.39 is 0 Å². The molecule has 1 unspecified atom stereocenters. The number of halogens is 2. The first-order valence-corrected chi connectivity index (χ1v) is 11.3. The molecule has 1 atom stereocenters. The molecule has 1 amide bonds. The van der Waals surface area contributed by atoms with E-state index in [2.05, 4.69) is 9.97 Å². The lowest BCUT2D eigenvalue weighted by atomic mass is 9.93. The lowest BCUT2D eigenvalue weighted by Gasteiger charge is -2.21. The number of para-hydroxylation sites is 1. The molecule has 1 aliphatic rings. The number of hydrogen-bond acceptors (Lipinski definition) is 6. The summed E-state index contributed by atoms with van der Waals surface area (Å²) in [5.74, 6) is 0.605. The van der Waals surface area contributed by atoms with Crippen molar-refractivity contribution in [3.8, 4) is 22.9 Å². The number of nitrogens with zero attached hydrogens (tertiary/aromatic N) is 3. The number of aromatic nitrogens is 2. The second kappa shape index (κ2) is 8.63. The van der Waals surface area contributed by atoms with Crippen LogP contribution >= 0.6 is 23.2 Å². The Hall–Kier alpha value is -4.04. The van der Waals surface area contributed by atoms with Gasteiger partial charge in [-0.2, -0.15) is 0 Å². The third kappa shape index (κ3) is 3.76. The molecular formula is C26H15Cl2N4O3+. The second-order valence-corrected chi connectivity index (χ2v) is 8.57. The highest BCUT2D eigenvalue weighted by Gasteiger charge is 2.37. The SMILES string of the molecule is O=C1c2ccccc2C(c2cc(-c3ncco3)cc(-c3ncco3)c2)=N[NH+]1c1c(Cl)cccc1Cl. The number of fused-ring (bicyclic) bond motifs is 1. The van der Waals surface area contributed by atoms with E-state index in [4.69, 9.17) is 37.1 Å². The average Bonchev–Trinajstić information content (AvgIpc) is 3.60. The fourth-order valence-electron chi connectivity index (χ4n) is 4.09. The summed E-state index contributed by atoms with van der Waals surface area (Å²) in [5.41, 5.74) is 4.28. The highest BCUT2D eigenvalue weighted by atomic mass is 35.5. The number of amides is 1. The van der Waals surface area contributed by atoms with Gasteiger partial charge in [-0.25, -0.2) is 14.8 Å². The largest absolute Gasteiger partial charge is 0.445 e. The molecule has 9 heteroatoms. The minimum absolute atomic E-state index is 0.175. The van der Waals surface area contributed by atoms with Crippen molar-refractivity contribution in [2.75, 3.05) is 0 Å². The molecule has 0 saturated heterocycles. The van der Waals surface area contributed by atoms with Crippen molar-refractivity contribution in [2.45, 2.75) is 0 Å². The molecule has 2 aromatic heterocycles. The third-order valence-corrected chi connectivity index (χ3v) is 6.26. The summed E-state index contributed by atoms with van der Waals surface area (Å²) in [6.07, 6.45) is 6.16. The number of carbonyl (C=O) groups is 1. The molecule has 6 rings (SSSR count). The summed E-state index contributed by atoms with van der Waals surface area (Å²) in [6.45, 7) is 0. The van der Waals surface area contributed by atoms with E-state index in [1.54, 1.807) is 36.7 Å². The maximum Gasteiger partial charge on any atom is 0.376 e. The molecule has 5 aromatic rings. The van der Waals surface area contributed by atoms with Gasteiger partial charge in [0.25, 0.3) is 0 Å². The van der Waals surface area contributed by atoms with Gasteiger partial charge in [-0.3, -0.25) is 0 Å². The first-order valence-electron chi connectivity index (χ1n) is 10.6. The van der Waals surface area contributed by atoms with E-state index in [1.807, 2.05) is 36.4 Å². The second-order valence-electron chi connectivity index (χ2n) is 7.75. The summed E-state index contributed by atoms with van der Waals surface area (Å²) in [6, 6.07) is 18.1. The summed E-state index contributed by atoms with van der Waals surface area (Å²) >= 11 is 12.9. The lowest BCUT2D eigenvalue weighted by molar-refractivity contribution is -0.749. The summed E-state index contributed by atoms with van der Waals surface area (Å²) in [5, 5.41) is 5.69. The molecule has 0 bridgehead atoms. The number of benzene rings is 3. The van der Waals surface area contributed by atoms with Crippen LogP contribution in [0.5, 0.6) is 0 Å². The molecule has 3 aromatic carbocycles. The molecule has 7 nitrogen and oxygen atoms in total. The molecule has 35 heavy (non-hydrogen) atoms. The van der Waals surface area contributed by atoms with Crippen molar-refractivity contribution in [2.24, 2.45) is 5.10 Å². The van der Waals surface area contributed by atoms with Gasteiger partial charge in [0, 0.05) is 22.3 Å². The molecular weight excluding hydrogens is 487 g/mol. The van der Waals surface area contributed by atoms with Crippen molar-refractivity contribution in [3.63, 3.8) is 0 Å². The highest BCUT2D eigenvalue weighted by molar-refractivity contribution is 6.38. The first kappa shape index (κ1) is 21.5. The van der Waals surface area contributed by atoms with E-state index in [-0.39, 0.29) is 10.9 Å². The maximum absolute atomic E-state index is 13.5. The Morgan fingerprint density at radius 3 is 1.86 bits per heavy atom. The monoisotopic (exact) mass is 501 g/mol. The number of carbonyl (C=O) groups excluding carboxylic acids is 1. The maximum atomic E-state index is 13.5. The quantitative estimate of drug-likeness (QED) is 0.355. The van der Waals surface area contributed by atoms with E-state index in [0.717, 1.165) is 5.56 Å². The fraction of sp³-hybridized carbons (Fsp3) is 0. The van der Waals surface area contributed by atoms with Crippen LogP contribution in [0.1, 0.15) is 21.5 Å². The number of rotatable bonds is 4. The Bertz CT molecular complexity index is 1520. The zero-order valence-corrected chi connectivity index (χ0v) is 19.4. The van der Waals surface area contributed by atoms with Gasteiger partial charge in [0.1, 0.15) is 28.3 Å². The molecule has 3 heterocycles. The van der Waals surface area contributed by atoms with Crippen molar-refractivity contribution >= 4 is 40.5 Å². The Morgan fingerprint density at radius 2 is 1.29 bits per heavy atom. The molecule has 0 fully saturated rings. The number of hydrogen-bond donors (Lipinski definition) is 1. The average molecular weight is 502 g/mol. The third-order valence-electron chi connectivity index (χ3n) is 5.63. The van der Waals surface area contributed by atoms with Gasteiger partial charge in [0.05, 0.1) is 18.0 Å². The zero-order valence-electron chi connectivity index (χ0n) is 17.9. The van der Waals surface area contributed by atoms with E-state index in [0.29, 0.717) is 55.5 Å². The number of oxazole rings is 2. The van der Waals surface area contributed by atoms with Gasteiger partial charge in [0.15, 0.2) is 0 Å². The van der Waals surface area contributed by atoms with Crippen LogP contribution in [0.2, 0.25) is 10.0 Å². The van der Waals surface area contributed by atoms with Crippen LogP contribution in [-0.2, 0) is 0 Å². The van der Waals surface area contributed by atoms with Crippen LogP contribution in [0, 0.1) is 0 Å². The van der Waals surface area contributed by atoms with Crippen molar-refractivity contribution in [3.05, 3.63) is 112 Å². The van der Waals surface area contributed by atoms with Gasteiger partial charge in [0.2, 0.25) is 17.5 Å². The molecule has 0 radical (unpaired) electrons. The van der Waals surface area contributed by atoms with Crippen LogP contribution in [0.15, 0.2) is 99.5 Å². The van der Waals surface area contributed by atoms with Gasteiger partial charge in [-0.05, 0) is 36.4 Å². The summed E-state index contributed by atoms with van der Waals surface area (Å²) < 4.78 is 11.1. The van der Waals surface area contributed by atoms with Crippen molar-refractivity contribution in [1.82, 2.24) is 9.97 Å². The molecule has 1 N–H and O–H groups in total. The Morgan fingerprint density at radius 1 is 0.714 bits per heavy atom. The number of nitrogens with one attached hydrogen (secondary N) is 1. The Kier molecular flexibility index (Phi) is 5.30. The van der Waals surface area contributed by atoms with Gasteiger partial charge in [-0.1, -0.05) is 52.6 Å². The van der Waals surface area contributed by atoms with Crippen LogP contribution in [0.3, 0.4) is 0 Å². The minimum Gasteiger partial charge on any atom is -0.445 e. The van der Waals surface area contributed by atoms with Gasteiger partial charge >= 0.3 is 5.91 Å². The number of quaternary nitrogens is 1. The predicted octanol–water partition coefficient (Wildman–Crippen LogP) is 5.43. The minimum atomic E-state index is -0.254. The molecule has 0 spiro atoms. The van der Waals surface area contributed by atoms with Crippen LogP contribution in [0.25, 0.3) is 22.9 Å². The highest BCUT2D eigenvalue weighted by Crippen LogP contribution is 2.31. The van der Waals surface area contributed by atoms with E-state index in [1.165, 1.54) is 12.5 Å². The van der Waals surface area contributed by atoms with Gasteiger partial charge in [-0.15, -0.1) is 5.01 Å². The Labute approximate surface area is 209 Å². The Balaban J connectivity index is 1.61. The predicted molar refractivity (Wildman–Crippen MR) is 131 cm³/mol.